The fourth-order valence-corrected chi connectivity index (χ4v) is 3.69. The highest BCUT2D eigenvalue weighted by molar-refractivity contribution is 5.91. The smallest absolute Gasteiger partial charge is 0.292 e. The molecule has 5 heteroatoms. The molecule has 1 amide bonds. The zero-order valence-electron chi connectivity index (χ0n) is 13.0. The molecule has 3 atom stereocenters. The fraction of sp³-hybridized carbons (Fsp3) is 0.750. The number of nitrogens with zero attached hydrogens (tertiary/aromatic N) is 2. The van der Waals surface area contributed by atoms with Gasteiger partial charge in [-0.05, 0) is 37.0 Å². The van der Waals surface area contributed by atoms with Gasteiger partial charge in [-0.15, -0.1) is 0 Å². The van der Waals surface area contributed by atoms with Crippen LogP contribution in [-0.4, -0.2) is 42.3 Å². The number of likely N-dealkylation sites (tertiary alicyclic amines) is 1. The molecule has 21 heavy (non-hydrogen) atoms. The molecule has 1 aromatic heterocycles. The number of fused-ring (bicyclic) bond motifs is 1. The largest absolute Gasteiger partial charge is 0.381 e. The average molecular weight is 292 g/mol. The summed E-state index contributed by atoms with van der Waals surface area (Å²) in [6.07, 6.45) is 3.36. The van der Waals surface area contributed by atoms with E-state index in [9.17, 15) is 4.79 Å². The molecule has 2 aliphatic rings. The molecule has 2 heterocycles. The van der Waals surface area contributed by atoms with Gasteiger partial charge in [0, 0.05) is 26.3 Å². The molecule has 1 unspecified atom stereocenters. The Morgan fingerprint density at radius 1 is 1.43 bits per heavy atom. The van der Waals surface area contributed by atoms with Crippen LogP contribution in [-0.2, 0) is 11.2 Å². The SMILES string of the molecule is COC1C[C@@H]2CN(C(=O)c3cc(CC(C)C)no3)C[C@@H]2C1. The molecular formula is C16H24N2O3. The Balaban J connectivity index is 1.61. The number of aromatic nitrogens is 1. The van der Waals surface area contributed by atoms with Gasteiger partial charge in [0.05, 0.1) is 11.8 Å². The molecule has 5 nitrogen and oxygen atoms in total. The van der Waals surface area contributed by atoms with Crippen molar-refractivity contribution in [3.05, 3.63) is 17.5 Å². The third-order valence-electron chi connectivity index (χ3n) is 4.72. The van der Waals surface area contributed by atoms with Crippen LogP contribution in [0.2, 0.25) is 0 Å². The van der Waals surface area contributed by atoms with Crippen LogP contribution >= 0.6 is 0 Å². The lowest BCUT2D eigenvalue weighted by Gasteiger charge is -2.17. The Kier molecular flexibility index (Phi) is 4.02. The fourth-order valence-electron chi connectivity index (χ4n) is 3.69. The van der Waals surface area contributed by atoms with Crippen molar-refractivity contribution in [1.29, 1.82) is 0 Å². The first kappa shape index (κ1) is 14.6. The quantitative estimate of drug-likeness (QED) is 0.855. The van der Waals surface area contributed by atoms with Crippen molar-refractivity contribution in [1.82, 2.24) is 10.1 Å². The van der Waals surface area contributed by atoms with Gasteiger partial charge in [0.25, 0.3) is 5.91 Å². The third kappa shape index (κ3) is 2.98. The maximum absolute atomic E-state index is 12.5. The normalized spacial score (nSPS) is 28.4. The first-order valence-electron chi connectivity index (χ1n) is 7.84. The Bertz CT molecular complexity index is 497. The number of amides is 1. The molecule has 116 valence electrons. The molecule has 2 fully saturated rings. The van der Waals surface area contributed by atoms with Crippen molar-refractivity contribution >= 4 is 5.91 Å². The van der Waals surface area contributed by atoms with Crippen LogP contribution in [0.4, 0.5) is 0 Å². The van der Waals surface area contributed by atoms with E-state index < -0.39 is 0 Å². The summed E-state index contributed by atoms with van der Waals surface area (Å²) in [6, 6.07) is 1.80. The zero-order chi connectivity index (χ0) is 15.0. The second kappa shape index (κ2) is 5.79. The highest BCUT2D eigenvalue weighted by Crippen LogP contribution is 2.39. The van der Waals surface area contributed by atoms with Gasteiger partial charge in [-0.25, -0.2) is 0 Å². The summed E-state index contributed by atoms with van der Waals surface area (Å²) >= 11 is 0. The molecule has 0 N–H and O–H groups in total. The minimum Gasteiger partial charge on any atom is -0.381 e. The van der Waals surface area contributed by atoms with E-state index in [-0.39, 0.29) is 5.91 Å². The van der Waals surface area contributed by atoms with E-state index in [1.807, 2.05) is 4.90 Å². The third-order valence-corrected chi connectivity index (χ3v) is 4.72. The molecule has 1 saturated carbocycles. The molecule has 0 aromatic carbocycles. The van der Waals surface area contributed by atoms with Crippen molar-refractivity contribution in [3.63, 3.8) is 0 Å². The van der Waals surface area contributed by atoms with Crippen LogP contribution in [0.15, 0.2) is 10.6 Å². The number of methoxy groups -OCH3 is 1. The minimum atomic E-state index is -0.0131. The molecule has 0 radical (unpaired) electrons. The van der Waals surface area contributed by atoms with Crippen LogP contribution in [0, 0.1) is 17.8 Å². The van der Waals surface area contributed by atoms with Gasteiger partial charge >= 0.3 is 0 Å². The number of hydrogen-bond acceptors (Lipinski definition) is 4. The number of ether oxygens (including phenoxy) is 1. The number of carbonyl (C=O) groups is 1. The molecule has 1 saturated heterocycles. The minimum absolute atomic E-state index is 0.0131. The standard InChI is InChI=1S/C16H24N2O3/c1-10(2)4-13-7-15(21-17-13)16(19)18-8-11-5-14(20-3)6-12(11)9-18/h7,10-12,14H,4-6,8-9H2,1-3H3/t11-,12+,14?. The van der Waals surface area contributed by atoms with E-state index in [0.29, 0.717) is 29.6 Å². The Hall–Kier alpha value is -1.36. The van der Waals surface area contributed by atoms with Crippen LogP contribution in [0.1, 0.15) is 42.9 Å². The van der Waals surface area contributed by atoms with Crippen LogP contribution in [0.3, 0.4) is 0 Å². The lowest BCUT2D eigenvalue weighted by Crippen LogP contribution is -2.30. The molecule has 3 rings (SSSR count). The summed E-state index contributed by atoms with van der Waals surface area (Å²) in [5.74, 6) is 2.04. The van der Waals surface area contributed by atoms with E-state index in [4.69, 9.17) is 9.26 Å². The van der Waals surface area contributed by atoms with E-state index in [1.54, 1.807) is 13.2 Å². The van der Waals surface area contributed by atoms with Gasteiger partial charge in [-0.1, -0.05) is 19.0 Å². The highest BCUT2D eigenvalue weighted by atomic mass is 16.5. The second-order valence-electron chi connectivity index (χ2n) is 6.84. The number of hydrogen-bond donors (Lipinski definition) is 0. The highest BCUT2D eigenvalue weighted by Gasteiger charge is 2.43. The van der Waals surface area contributed by atoms with Gasteiger partial charge < -0.3 is 14.2 Å². The Morgan fingerprint density at radius 3 is 2.67 bits per heavy atom. The van der Waals surface area contributed by atoms with Crippen LogP contribution in [0.5, 0.6) is 0 Å². The summed E-state index contributed by atoms with van der Waals surface area (Å²) in [5, 5.41) is 4.00. The van der Waals surface area contributed by atoms with Gasteiger partial charge in [0.15, 0.2) is 0 Å². The molecule has 0 spiro atoms. The van der Waals surface area contributed by atoms with Gasteiger partial charge in [0.2, 0.25) is 5.76 Å². The van der Waals surface area contributed by atoms with Gasteiger partial charge in [-0.2, -0.15) is 0 Å². The number of rotatable bonds is 4. The molecule has 0 bridgehead atoms. The van der Waals surface area contributed by atoms with Crippen LogP contribution in [0.25, 0.3) is 0 Å². The van der Waals surface area contributed by atoms with E-state index >= 15 is 0 Å². The monoisotopic (exact) mass is 292 g/mol. The van der Waals surface area contributed by atoms with Gasteiger partial charge in [0.1, 0.15) is 0 Å². The maximum Gasteiger partial charge on any atom is 0.292 e. The summed E-state index contributed by atoms with van der Waals surface area (Å²) in [5.41, 5.74) is 0.868. The Morgan fingerprint density at radius 2 is 2.10 bits per heavy atom. The predicted molar refractivity (Wildman–Crippen MR) is 78.0 cm³/mol. The van der Waals surface area contributed by atoms with Crippen LogP contribution < -0.4 is 0 Å². The van der Waals surface area contributed by atoms with Crippen molar-refractivity contribution in [3.8, 4) is 0 Å². The maximum atomic E-state index is 12.5. The second-order valence-corrected chi connectivity index (χ2v) is 6.84. The van der Waals surface area contributed by atoms with Gasteiger partial charge in [-0.3, -0.25) is 4.79 Å². The van der Waals surface area contributed by atoms with E-state index in [2.05, 4.69) is 19.0 Å². The number of carbonyl (C=O) groups excluding carboxylic acids is 1. The lowest BCUT2D eigenvalue weighted by atomic mass is 10.0. The summed E-state index contributed by atoms with van der Waals surface area (Å²) in [4.78, 5) is 14.4. The molecule has 1 aliphatic carbocycles. The average Bonchev–Trinajstić information content (AvgIpc) is 3.09. The topological polar surface area (TPSA) is 55.6 Å². The van der Waals surface area contributed by atoms with Crippen molar-refractivity contribution in [2.45, 2.75) is 39.2 Å². The van der Waals surface area contributed by atoms with E-state index in [0.717, 1.165) is 38.0 Å². The molecular weight excluding hydrogens is 268 g/mol. The Labute approximate surface area is 125 Å². The van der Waals surface area contributed by atoms with Crippen molar-refractivity contribution in [2.75, 3.05) is 20.2 Å². The van der Waals surface area contributed by atoms with Crippen molar-refractivity contribution < 1.29 is 14.1 Å². The molecule has 1 aliphatic heterocycles. The first-order chi connectivity index (χ1) is 10.1. The lowest BCUT2D eigenvalue weighted by molar-refractivity contribution is 0.0695. The zero-order valence-corrected chi connectivity index (χ0v) is 13.0. The summed E-state index contributed by atoms with van der Waals surface area (Å²) in [6.45, 7) is 5.90. The van der Waals surface area contributed by atoms with E-state index in [1.165, 1.54) is 0 Å². The van der Waals surface area contributed by atoms with Crippen molar-refractivity contribution in [2.24, 2.45) is 17.8 Å². The summed E-state index contributed by atoms with van der Waals surface area (Å²) < 4.78 is 10.7. The summed E-state index contributed by atoms with van der Waals surface area (Å²) in [7, 11) is 1.78. The predicted octanol–water partition coefficient (Wildman–Crippen LogP) is 2.37. The molecule has 1 aromatic rings. The first-order valence-corrected chi connectivity index (χ1v) is 7.84.